The zero-order chi connectivity index (χ0) is 33.2. The molecule has 2 aromatic heterocycles. The summed E-state index contributed by atoms with van der Waals surface area (Å²) in [6.07, 6.45) is 5.29. The van der Waals surface area contributed by atoms with Crippen LogP contribution in [-0.2, 0) is 16.1 Å². The van der Waals surface area contributed by atoms with Crippen LogP contribution in [0, 0.1) is 17.8 Å². The van der Waals surface area contributed by atoms with Gasteiger partial charge in [-0.2, -0.15) is 0 Å². The average molecular weight is 633 g/mol. The lowest BCUT2D eigenvalue weighted by Crippen LogP contribution is -2.37. The maximum atomic E-state index is 13.1. The quantitative estimate of drug-likeness (QED) is 0.153. The summed E-state index contributed by atoms with van der Waals surface area (Å²) in [7, 11) is 0. The van der Waals surface area contributed by atoms with Gasteiger partial charge in [0.25, 0.3) is 0 Å². The first-order chi connectivity index (χ1) is 22.6. The molecule has 3 heterocycles. The third-order valence-electron chi connectivity index (χ3n) is 9.65. The number of benzene rings is 3. The minimum atomic E-state index is -0.0179. The highest BCUT2D eigenvalue weighted by Gasteiger charge is 2.32. The van der Waals surface area contributed by atoms with E-state index in [2.05, 4.69) is 104 Å². The van der Waals surface area contributed by atoms with Gasteiger partial charge in [-0.3, -0.25) is 9.59 Å². The van der Waals surface area contributed by atoms with Crippen LogP contribution in [0.5, 0.6) is 0 Å². The molecular formula is C39H48N6O2. The number of carbonyl (C=O) groups excluding carboxylic acids is 2. The highest BCUT2D eigenvalue weighted by atomic mass is 16.2. The van der Waals surface area contributed by atoms with Crippen molar-refractivity contribution in [2.24, 2.45) is 17.8 Å². The number of rotatable bonds is 11. The molecule has 0 saturated carbocycles. The molecule has 2 N–H and O–H groups in total. The predicted molar refractivity (Wildman–Crippen MR) is 189 cm³/mol. The monoisotopic (exact) mass is 632 g/mol. The van der Waals surface area contributed by atoms with E-state index in [0.717, 1.165) is 88.2 Å². The molecule has 3 aromatic carbocycles. The Morgan fingerprint density at radius 1 is 0.957 bits per heavy atom. The maximum Gasteiger partial charge on any atom is 0.226 e. The predicted octanol–water partition coefficient (Wildman–Crippen LogP) is 8.51. The second-order valence-corrected chi connectivity index (χ2v) is 14.0. The fourth-order valence-corrected chi connectivity index (χ4v) is 6.70. The molecule has 6 rings (SSSR count). The van der Waals surface area contributed by atoms with Crippen molar-refractivity contribution in [3.63, 3.8) is 0 Å². The van der Waals surface area contributed by atoms with E-state index in [-0.39, 0.29) is 23.8 Å². The summed E-state index contributed by atoms with van der Waals surface area (Å²) < 4.78 is 0. The Kier molecular flexibility index (Phi) is 9.48. The van der Waals surface area contributed by atoms with Crippen molar-refractivity contribution < 1.29 is 9.59 Å². The van der Waals surface area contributed by atoms with Crippen molar-refractivity contribution >= 4 is 33.6 Å². The molecule has 0 spiro atoms. The molecule has 0 radical (unpaired) electrons. The zero-order valence-electron chi connectivity index (χ0n) is 28.6. The number of amides is 2. The summed E-state index contributed by atoms with van der Waals surface area (Å²) in [6, 6.07) is 19.3. The summed E-state index contributed by atoms with van der Waals surface area (Å²) in [5.74, 6) is 2.71. The highest BCUT2D eigenvalue weighted by molar-refractivity contribution is 6.05. The Balaban J connectivity index is 1.19. The molecule has 0 aliphatic carbocycles. The van der Waals surface area contributed by atoms with E-state index < -0.39 is 0 Å². The molecule has 2 atom stereocenters. The van der Waals surface area contributed by atoms with Gasteiger partial charge in [-0.05, 0) is 65.3 Å². The molecule has 1 aliphatic heterocycles. The van der Waals surface area contributed by atoms with Gasteiger partial charge in [0, 0.05) is 30.8 Å². The lowest BCUT2D eigenvalue weighted by atomic mass is 9.96. The van der Waals surface area contributed by atoms with Crippen LogP contribution in [0.15, 0.2) is 60.8 Å². The van der Waals surface area contributed by atoms with E-state index in [1.165, 1.54) is 0 Å². The number of fused-ring (bicyclic) bond motifs is 3. The van der Waals surface area contributed by atoms with E-state index in [0.29, 0.717) is 24.8 Å². The third kappa shape index (κ3) is 6.83. The van der Waals surface area contributed by atoms with Crippen molar-refractivity contribution in [2.75, 3.05) is 13.1 Å². The topological polar surface area (TPSA) is 98.0 Å². The van der Waals surface area contributed by atoms with Gasteiger partial charge in [0.2, 0.25) is 11.8 Å². The summed E-state index contributed by atoms with van der Waals surface area (Å²) in [6.45, 7) is 14.5. The lowest BCUT2D eigenvalue weighted by molar-refractivity contribution is -0.137. The van der Waals surface area contributed by atoms with Gasteiger partial charge in [0.15, 0.2) is 0 Å². The second kappa shape index (κ2) is 13.7. The largest absolute Gasteiger partial charge is 0.341 e. The second-order valence-electron chi connectivity index (χ2n) is 14.0. The first kappa shape index (κ1) is 32.5. The smallest absolute Gasteiger partial charge is 0.226 e. The van der Waals surface area contributed by atoms with Gasteiger partial charge in [-0.1, -0.05) is 84.0 Å². The van der Waals surface area contributed by atoms with Gasteiger partial charge < -0.3 is 19.8 Å². The van der Waals surface area contributed by atoms with E-state index >= 15 is 0 Å². The van der Waals surface area contributed by atoms with E-state index in [1.54, 1.807) is 0 Å². The SMILES string of the molecule is CCCN(Cc1ncc(-c2ccc(-c3ccc4c(ccc5[nH]c([C@@H]6CCCN6C(=O)CC(C)C)nc54)c3)cc2)[nH]1)C(=O)[C@@H](C)C(C)C. The Hall–Kier alpha value is -4.46. The minimum absolute atomic E-state index is 0.0128. The highest BCUT2D eigenvalue weighted by Crippen LogP contribution is 2.35. The number of hydrogen-bond donors (Lipinski definition) is 2. The van der Waals surface area contributed by atoms with Gasteiger partial charge in [0.05, 0.1) is 35.5 Å². The number of imidazole rings is 2. The number of aromatic nitrogens is 4. The van der Waals surface area contributed by atoms with Gasteiger partial charge in [-0.25, -0.2) is 9.97 Å². The molecule has 0 bridgehead atoms. The number of likely N-dealkylation sites (tertiary alicyclic amines) is 1. The molecule has 8 heteroatoms. The average Bonchev–Trinajstić information content (AvgIpc) is 3.83. The molecule has 47 heavy (non-hydrogen) atoms. The molecule has 1 aliphatic rings. The van der Waals surface area contributed by atoms with Gasteiger partial charge in [0.1, 0.15) is 11.6 Å². The normalized spacial score (nSPS) is 15.7. The number of nitrogens with one attached hydrogen (secondary N) is 2. The van der Waals surface area contributed by atoms with Crippen molar-refractivity contribution in [1.29, 1.82) is 0 Å². The molecular weight excluding hydrogens is 584 g/mol. The maximum absolute atomic E-state index is 13.1. The van der Waals surface area contributed by atoms with Crippen LogP contribution in [0.4, 0.5) is 0 Å². The van der Waals surface area contributed by atoms with E-state index in [1.807, 2.05) is 22.9 Å². The fourth-order valence-electron chi connectivity index (χ4n) is 6.70. The molecule has 8 nitrogen and oxygen atoms in total. The fraction of sp³-hybridized carbons (Fsp3) is 0.436. The standard InChI is InChI=1S/C39H48N6O2/c1-7-18-44(39(47)26(6)25(4)5)23-35-40-22-33(41-35)28-12-10-27(11-13-28)29-14-16-31-30(21-29)15-17-32-37(31)43-38(42-32)34-9-8-19-45(34)36(46)20-24(2)3/h10-17,21-22,24-26,34H,7-9,18-20,23H2,1-6H3,(H,40,41)(H,42,43)/t26-,34-/m0/s1. The molecule has 1 fully saturated rings. The van der Waals surface area contributed by atoms with Crippen molar-refractivity contribution in [3.05, 3.63) is 72.4 Å². The zero-order valence-corrected chi connectivity index (χ0v) is 28.6. The summed E-state index contributed by atoms with van der Waals surface area (Å²) in [5.41, 5.74) is 6.22. The first-order valence-electron chi connectivity index (χ1n) is 17.3. The summed E-state index contributed by atoms with van der Waals surface area (Å²) >= 11 is 0. The van der Waals surface area contributed by atoms with Crippen LogP contribution in [-0.4, -0.2) is 54.6 Å². The Morgan fingerprint density at radius 2 is 1.70 bits per heavy atom. The summed E-state index contributed by atoms with van der Waals surface area (Å²) in [5, 5.41) is 2.24. The number of H-pyrrole nitrogens is 2. The number of carbonyl (C=O) groups is 2. The van der Waals surface area contributed by atoms with Crippen LogP contribution in [0.2, 0.25) is 0 Å². The first-order valence-corrected chi connectivity index (χ1v) is 17.3. The van der Waals surface area contributed by atoms with Gasteiger partial charge >= 0.3 is 0 Å². The van der Waals surface area contributed by atoms with Crippen molar-refractivity contribution in [3.8, 4) is 22.4 Å². The van der Waals surface area contributed by atoms with Crippen molar-refractivity contribution in [2.45, 2.75) is 79.8 Å². The van der Waals surface area contributed by atoms with Crippen LogP contribution in [0.1, 0.15) is 84.9 Å². The van der Waals surface area contributed by atoms with E-state index in [9.17, 15) is 9.59 Å². The van der Waals surface area contributed by atoms with Crippen molar-refractivity contribution in [1.82, 2.24) is 29.7 Å². The molecule has 246 valence electrons. The molecule has 0 unspecified atom stereocenters. The Bertz CT molecular complexity index is 1870. The van der Waals surface area contributed by atoms with Crippen LogP contribution in [0.25, 0.3) is 44.2 Å². The number of aromatic amines is 2. The van der Waals surface area contributed by atoms with Gasteiger partial charge in [-0.15, -0.1) is 0 Å². The molecule has 1 saturated heterocycles. The Morgan fingerprint density at radius 3 is 2.43 bits per heavy atom. The Labute approximate surface area is 278 Å². The summed E-state index contributed by atoms with van der Waals surface area (Å²) in [4.78, 5) is 46.6. The molecule has 2 amide bonds. The van der Waals surface area contributed by atoms with Crippen LogP contribution < -0.4 is 0 Å². The van der Waals surface area contributed by atoms with Crippen LogP contribution in [0.3, 0.4) is 0 Å². The molecule has 5 aromatic rings. The third-order valence-corrected chi connectivity index (χ3v) is 9.65. The van der Waals surface area contributed by atoms with Crippen LogP contribution >= 0.6 is 0 Å². The lowest BCUT2D eigenvalue weighted by Gasteiger charge is -2.26. The minimum Gasteiger partial charge on any atom is -0.341 e. The number of nitrogens with zero attached hydrogens (tertiary/aromatic N) is 4. The van der Waals surface area contributed by atoms with E-state index in [4.69, 9.17) is 4.98 Å². The number of hydrogen-bond acceptors (Lipinski definition) is 4.